The van der Waals surface area contributed by atoms with E-state index in [0.717, 1.165) is 0 Å². The molecule has 0 aliphatic carbocycles. The maximum atomic E-state index is 13.1. The van der Waals surface area contributed by atoms with Gasteiger partial charge in [0.15, 0.2) is 11.5 Å². The Labute approximate surface area is 101 Å². The average Bonchev–Trinajstić information content (AvgIpc) is 2.72. The van der Waals surface area contributed by atoms with Crippen LogP contribution in [0, 0.1) is 5.82 Å². The second kappa shape index (κ2) is 3.78. The predicted molar refractivity (Wildman–Crippen MR) is 61.2 cm³/mol. The molecule has 0 saturated heterocycles. The molecule has 17 heavy (non-hydrogen) atoms. The molecule has 0 aliphatic rings. The van der Waals surface area contributed by atoms with E-state index in [2.05, 4.69) is 15.1 Å². The average molecular weight is 249 g/mol. The zero-order chi connectivity index (χ0) is 11.8. The molecule has 0 spiro atoms. The Hall–Kier alpha value is -2.01. The van der Waals surface area contributed by atoms with Crippen molar-refractivity contribution < 1.29 is 4.39 Å². The summed E-state index contributed by atoms with van der Waals surface area (Å²) in [5.41, 5.74) is 1.18. The number of hydrogen-bond donors (Lipinski definition) is 0. The lowest BCUT2D eigenvalue weighted by molar-refractivity contribution is 0.628. The lowest BCUT2D eigenvalue weighted by Gasteiger charge is -1.93. The molecule has 6 heteroatoms. The van der Waals surface area contributed by atoms with E-state index in [0.29, 0.717) is 22.2 Å². The number of benzene rings is 1. The summed E-state index contributed by atoms with van der Waals surface area (Å²) >= 11 is 5.74. The molecule has 2 heterocycles. The van der Waals surface area contributed by atoms with Crippen LogP contribution in [0.4, 0.5) is 4.39 Å². The first-order chi connectivity index (χ1) is 8.22. The van der Waals surface area contributed by atoms with Gasteiger partial charge in [-0.15, -0.1) is 5.10 Å². The molecule has 0 unspecified atom stereocenters. The fraction of sp³-hybridized carbons (Fsp3) is 0. The molecule has 4 nitrogen and oxygen atoms in total. The molecule has 1 aromatic carbocycles. The summed E-state index contributed by atoms with van der Waals surface area (Å²) in [5, 5.41) is 4.53. The van der Waals surface area contributed by atoms with Crippen LogP contribution >= 0.6 is 11.6 Å². The maximum absolute atomic E-state index is 13.1. The Morgan fingerprint density at radius 2 is 2.18 bits per heavy atom. The quantitative estimate of drug-likeness (QED) is 0.665. The van der Waals surface area contributed by atoms with Crippen LogP contribution in [-0.4, -0.2) is 19.6 Å². The molecule has 0 N–H and O–H groups in total. The van der Waals surface area contributed by atoms with Gasteiger partial charge in [-0.2, -0.15) is 0 Å². The van der Waals surface area contributed by atoms with Crippen molar-refractivity contribution in [3.63, 3.8) is 0 Å². The molecule has 0 amide bonds. The maximum Gasteiger partial charge on any atom is 0.182 e. The first kappa shape index (κ1) is 10.2. The molecular weight excluding hydrogens is 243 g/mol. The molecule has 0 aliphatic heterocycles. The van der Waals surface area contributed by atoms with Gasteiger partial charge in [0.05, 0.1) is 12.4 Å². The molecule has 84 valence electrons. The van der Waals surface area contributed by atoms with Gasteiger partial charge in [-0.1, -0.05) is 23.7 Å². The number of nitrogens with zero attached hydrogens (tertiary/aromatic N) is 4. The van der Waals surface area contributed by atoms with E-state index in [1.165, 1.54) is 22.8 Å². The molecule has 3 rings (SSSR count). The summed E-state index contributed by atoms with van der Waals surface area (Å²) in [6.45, 7) is 0. The van der Waals surface area contributed by atoms with Gasteiger partial charge in [0, 0.05) is 5.56 Å². The third kappa shape index (κ3) is 1.85. The van der Waals surface area contributed by atoms with Gasteiger partial charge in [0.1, 0.15) is 11.0 Å². The van der Waals surface area contributed by atoms with Crippen molar-refractivity contribution in [1.82, 2.24) is 19.6 Å². The van der Waals surface area contributed by atoms with E-state index < -0.39 is 0 Å². The topological polar surface area (TPSA) is 43.1 Å². The minimum atomic E-state index is -0.322. The van der Waals surface area contributed by atoms with Gasteiger partial charge in [0.2, 0.25) is 0 Å². The highest BCUT2D eigenvalue weighted by atomic mass is 35.5. The van der Waals surface area contributed by atoms with Crippen molar-refractivity contribution in [2.45, 2.75) is 0 Å². The Morgan fingerprint density at radius 1 is 1.29 bits per heavy atom. The van der Waals surface area contributed by atoms with Crippen LogP contribution in [0.5, 0.6) is 0 Å². The lowest BCUT2D eigenvalue weighted by Crippen LogP contribution is -1.88. The number of hydrogen-bond acceptors (Lipinski definition) is 3. The van der Waals surface area contributed by atoms with Crippen LogP contribution in [0.25, 0.3) is 17.0 Å². The summed E-state index contributed by atoms with van der Waals surface area (Å²) in [4.78, 5) is 8.13. The van der Waals surface area contributed by atoms with Gasteiger partial charge < -0.3 is 0 Å². The highest BCUT2D eigenvalue weighted by Crippen LogP contribution is 2.17. The number of aromatic nitrogens is 4. The largest absolute Gasteiger partial charge is 0.239 e. The molecule has 3 aromatic rings. The van der Waals surface area contributed by atoms with Crippen LogP contribution in [-0.2, 0) is 0 Å². The van der Waals surface area contributed by atoms with E-state index in [9.17, 15) is 4.39 Å². The van der Waals surface area contributed by atoms with E-state index in [1.54, 1.807) is 18.3 Å². The molecule has 0 atom stereocenters. The van der Waals surface area contributed by atoms with Crippen molar-refractivity contribution in [3.05, 3.63) is 47.6 Å². The first-order valence-electron chi connectivity index (χ1n) is 4.86. The summed E-state index contributed by atoms with van der Waals surface area (Å²) in [5.74, 6) is 0.117. The summed E-state index contributed by atoms with van der Waals surface area (Å²) < 4.78 is 14.6. The second-order valence-electron chi connectivity index (χ2n) is 3.46. The Kier molecular flexibility index (Phi) is 2.26. The number of rotatable bonds is 1. The molecular formula is C11H6ClFN4. The zero-order valence-corrected chi connectivity index (χ0v) is 9.26. The molecule has 2 aromatic heterocycles. The van der Waals surface area contributed by atoms with Crippen LogP contribution in [0.3, 0.4) is 0 Å². The molecule has 0 saturated carbocycles. The van der Waals surface area contributed by atoms with Gasteiger partial charge in [0.25, 0.3) is 0 Å². The fourth-order valence-electron chi connectivity index (χ4n) is 1.52. The minimum absolute atomic E-state index is 0.322. The number of fused-ring (bicyclic) bond motifs is 1. The highest BCUT2D eigenvalue weighted by Gasteiger charge is 2.07. The summed E-state index contributed by atoms with van der Waals surface area (Å²) in [7, 11) is 0. The Morgan fingerprint density at radius 3 is 3.00 bits per heavy atom. The summed E-state index contributed by atoms with van der Waals surface area (Å²) in [6.07, 6.45) is 3.06. The van der Waals surface area contributed by atoms with Crippen molar-refractivity contribution in [3.8, 4) is 11.4 Å². The summed E-state index contributed by atoms with van der Waals surface area (Å²) in [6, 6.07) is 6.11. The van der Waals surface area contributed by atoms with Crippen molar-refractivity contribution in [2.24, 2.45) is 0 Å². The standard InChI is InChI=1S/C11H6ClFN4/c12-9-6-17-10(5-14-9)15-11(16-17)7-2-1-3-8(13)4-7/h1-6H. The van der Waals surface area contributed by atoms with Gasteiger partial charge in [-0.25, -0.2) is 18.9 Å². The SMILES string of the molecule is Fc1cccc(-c2nc3cnc(Cl)cn3n2)c1. The Balaban J connectivity index is 2.18. The van der Waals surface area contributed by atoms with Crippen LogP contribution in [0.1, 0.15) is 0 Å². The van der Waals surface area contributed by atoms with Crippen LogP contribution in [0.2, 0.25) is 5.15 Å². The first-order valence-corrected chi connectivity index (χ1v) is 5.24. The van der Waals surface area contributed by atoms with Crippen molar-refractivity contribution in [2.75, 3.05) is 0 Å². The van der Waals surface area contributed by atoms with E-state index >= 15 is 0 Å². The van der Waals surface area contributed by atoms with Gasteiger partial charge >= 0.3 is 0 Å². The molecule has 0 bridgehead atoms. The second-order valence-corrected chi connectivity index (χ2v) is 3.85. The van der Waals surface area contributed by atoms with Gasteiger partial charge in [-0.3, -0.25) is 0 Å². The highest BCUT2D eigenvalue weighted by molar-refractivity contribution is 6.29. The van der Waals surface area contributed by atoms with E-state index in [-0.39, 0.29) is 5.82 Å². The fourth-order valence-corrected chi connectivity index (χ4v) is 1.66. The predicted octanol–water partition coefficient (Wildman–Crippen LogP) is 2.58. The van der Waals surface area contributed by atoms with Crippen LogP contribution in [0.15, 0.2) is 36.7 Å². The van der Waals surface area contributed by atoms with Crippen molar-refractivity contribution in [1.29, 1.82) is 0 Å². The third-order valence-corrected chi connectivity index (χ3v) is 2.47. The number of halogens is 2. The normalized spacial score (nSPS) is 10.9. The third-order valence-electron chi connectivity index (χ3n) is 2.27. The lowest BCUT2D eigenvalue weighted by atomic mass is 10.2. The molecule has 0 fully saturated rings. The zero-order valence-electron chi connectivity index (χ0n) is 8.51. The smallest absolute Gasteiger partial charge is 0.182 e. The minimum Gasteiger partial charge on any atom is -0.239 e. The Bertz CT molecular complexity index is 695. The van der Waals surface area contributed by atoms with Crippen molar-refractivity contribution >= 4 is 17.2 Å². The van der Waals surface area contributed by atoms with E-state index in [4.69, 9.17) is 11.6 Å². The molecule has 0 radical (unpaired) electrons. The van der Waals surface area contributed by atoms with Gasteiger partial charge in [-0.05, 0) is 12.1 Å². The van der Waals surface area contributed by atoms with Crippen LogP contribution < -0.4 is 0 Å². The van der Waals surface area contributed by atoms with E-state index in [1.807, 2.05) is 0 Å². The monoisotopic (exact) mass is 248 g/mol.